The highest BCUT2D eigenvalue weighted by molar-refractivity contribution is 7.98. The number of carbonyl (C=O) groups excluding carboxylic acids is 1. The zero-order valence-electron chi connectivity index (χ0n) is 15.4. The van der Waals surface area contributed by atoms with Gasteiger partial charge >= 0.3 is 6.03 Å². The molecule has 5 nitrogen and oxygen atoms in total. The number of nitrogens with zero attached hydrogens (tertiary/aromatic N) is 2. The van der Waals surface area contributed by atoms with Gasteiger partial charge in [0.15, 0.2) is 0 Å². The Kier molecular flexibility index (Phi) is 5.81. The van der Waals surface area contributed by atoms with E-state index in [9.17, 15) is 9.18 Å². The van der Waals surface area contributed by atoms with E-state index in [0.29, 0.717) is 29.2 Å². The summed E-state index contributed by atoms with van der Waals surface area (Å²) < 4.78 is 15.6. The zero-order chi connectivity index (χ0) is 19.4. The van der Waals surface area contributed by atoms with E-state index in [1.807, 2.05) is 44.4 Å². The van der Waals surface area contributed by atoms with Gasteiger partial charge in [-0.05, 0) is 44.4 Å². The van der Waals surface area contributed by atoms with Gasteiger partial charge in [0.05, 0.1) is 23.6 Å². The van der Waals surface area contributed by atoms with Gasteiger partial charge in [0.25, 0.3) is 0 Å². The van der Waals surface area contributed by atoms with Crippen LogP contribution in [0.4, 0.5) is 20.6 Å². The van der Waals surface area contributed by atoms with Crippen molar-refractivity contribution in [3.63, 3.8) is 0 Å². The number of anilines is 2. The lowest BCUT2D eigenvalue weighted by molar-refractivity contribution is 0.262. The van der Waals surface area contributed by atoms with E-state index in [1.54, 1.807) is 34.6 Å². The highest BCUT2D eigenvalue weighted by Gasteiger charge is 2.15. The number of hydrogen-bond acceptors (Lipinski definition) is 3. The summed E-state index contributed by atoms with van der Waals surface area (Å²) in [4.78, 5) is 13.4. The van der Waals surface area contributed by atoms with Crippen molar-refractivity contribution in [2.75, 3.05) is 16.9 Å². The Bertz CT molecular complexity index is 970. The second kappa shape index (κ2) is 8.26. The van der Waals surface area contributed by atoms with Crippen molar-refractivity contribution in [2.45, 2.75) is 25.3 Å². The molecule has 0 unspecified atom stereocenters. The summed E-state index contributed by atoms with van der Waals surface area (Å²) in [5.41, 5.74) is 3.34. The quantitative estimate of drug-likeness (QED) is 0.605. The molecule has 0 radical (unpaired) electrons. The molecular weight excluding hydrogens is 363 g/mol. The molecule has 3 aromatic rings. The first-order chi connectivity index (χ1) is 13.0. The maximum absolute atomic E-state index is 13.9. The Morgan fingerprint density at radius 1 is 1.15 bits per heavy atom. The fraction of sp³-hybridized carbons (Fsp3) is 0.200. The molecule has 140 valence electrons. The molecule has 0 spiro atoms. The molecule has 0 saturated heterocycles. The largest absolute Gasteiger partial charge is 0.323 e. The lowest BCUT2D eigenvalue weighted by atomic mass is 10.2. The minimum absolute atomic E-state index is 0.272. The first-order valence-electron chi connectivity index (χ1n) is 8.47. The molecule has 0 saturated carbocycles. The normalized spacial score (nSPS) is 10.7. The van der Waals surface area contributed by atoms with Crippen LogP contribution in [0.1, 0.15) is 17.0 Å². The molecule has 7 heteroatoms. The maximum Gasteiger partial charge on any atom is 0.323 e. The lowest BCUT2D eigenvalue weighted by Crippen LogP contribution is -2.20. The number of benzene rings is 2. The van der Waals surface area contributed by atoms with E-state index in [0.717, 1.165) is 10.6 Å². The van der Waals surface area contributed by atoms with Crippen molar-refractivity contribution >= 4 is 29.2 Å². The molecular formula is C20H21FN4OS. The van der Waals surface area contributed by atoms with Crippen LogP contribution in [0.25, 0.3) is 0 Å². The smallest absolute Gasteiger partial charge is 0.308 e. The number of thioether (sulfide) groups is 1. The van der Waals surface area contributed by atoms with Crippen molar-refractivity contribution in [3.8, 4) is 0 Å². The Balaban J connectivity index is 1.74. The number of rotatable bonds is 5. The van der Waals surface area contributed by atoms with Crippen LogP contribution in [0.2, 0.25) is 0 Å². The van der Waals surface area contributed by atoms with Crippen LogP contribution < -0.4 is 10.6 Å². The molecule has 1 heterocycles. The Labute approximate surface area is 162 Å². The first kappa shape index (κ1) is 19.0. The van der Waals surface area contributed by atoms with E-state index in [2.05, 4.69) is 15.7 Å². The van der Waals surface area contributed by atoms with Crippen molar-refractivity contribution in [3.05, 3.63) is 71.3 Å². The molecule has 1 aromatic heterocycles. The molecule has 2 N–H and O–H groups in total. The van der Waals surface area contributed by atoms with Gasteiger partial charge in [-0.3, -0.25) is 4.68 Å². The molecule has 0 atom stereocenters. The molecule has 27 heavy (non-hydrogen) atoms. The van der Waals surface area contributed by atoms with Crippen molar-refractivity contribution in [1.82, 2.24) is 9.78 Å². The second-order valence-electron chi connectivity index (χ2n) is 6.11. The second-order valence-corrected chi connectivity index (χ2v) is 6.99. The molecule has 2 amide bonds. The molecule has 0 aliphatic rings. The van der Waals surface area contributed by atoms with Crippen molar-refractivity contribution in [1.29, 1.82) is 0 Å². The van der Waals surface area contributed by atoms with Gasteiger partial charge in [-0.15, -0.1) is 11.8 Å². The van der Waals surface area contributed by atoms with E-state index in [-0.39, 0.29) is 11.8 Å². The fourth-order valence-corrected chi connectivity index (χ4v) is 3.26. The Morgan fingerprint density at radius 2 is 1.93 bits per heavy atom. The predicted molar refractivity (Wildman–Crippen MR) is 108 cm³/mol. The Hall–Kier alpha value is -2.80. The van der Waals surface area contributed by atoms with Crippen molar-refractivity contribution < 1.29 is 9.18 Å². The Morgan fingerprint density at radius 3 is 2.67 bits per heavy atom. The van der Waals surface area contributed by atoms with Crippen LogP contribution in [0.15, 0.2) is 53.4 Å². The molecule has 2 aromatic carbocycles. The van der Waals surface area contributed by atoms with Crippen LogP contribution in [0.5, 0.6) is 0 Å². The van der Waals surface area contributed by atoms with Crippen LogP contribution in [-0.2, 0) is 6.54 Å². The first-order valence-corrected chi connectivity index (χ1v) is 9.70. The average Bonchev–Trinajstić information content (AvgIpc) is 2.91. The van der Waals surface area contributed by atoms with Crippen LogP contribution in [0, 0.1) is 19.7 Å². The van der Waals surface area contributed by atoms with E-state index < -0.39 is 0 Å². The van der Waals surface area contributed by atoms with Gasteiger partial charge in [-0.25, -0.2) is 9.18 Å². The van der Waals surface area contributed by atoms with E-state index in [4.69, 9.17) is 0 Å². The zero-order valence-corrected chi connectivity index (χ0v) is 16.2. The minimum Gasteiger partial charge on any atom is -0.308 e. The van der Waals surface area contributed by atoms with Gasteiger partial charge < -0.3 is 10.6 Å². The third-order valence-corrected chi connectivity index (χ3v) is 4.95. The SMILES string of the molecule is CSc1cccc(NC(=O)Nc2c(C)nn(Cc3ccccc3F)c2C)c1. The average molecular weight is 384 g/mol. The molecule has 0 aliphatic heterocycles. The van der Waals surface area contributed by atoms with Crippen LogP contribution >= 0.6 is 11.8 Å². The van der Waals surface area contributed by atoms with Gasteiger partial charge in [-0.2, -0.15) is 5.10 Å². The number of urea groups is 1. The number of hydrogen-bond donors (Lipinski definition) is 2. The van der Waals surface area contributed by atoms with Crippen LogP contribution in [-0.4, -0.2) is 22.1 Å². The van der Waals surface area contributed by atoms with Gasteiger partial charge in [0.1, 0.15) is 5.82 Å². The minimum atomic E-state index is -0.343. The maximum atomic E-state index is 13.9. The predicted octanol–water partition coefficient (Wildman–Crippen LogP) is 5.05. The molecule has 3 rings (SSSR count). The highest BCUT2D eigenvalue weighted by atomic mass is 32.2. The molecule has 0 aliphatic carbocycles. The number of halogens is 1. The van der Waals surface area contributed by atoms with Gasteiger partial charge in [0.2, 0.25) is 0 Å². The molecule has 0 fully saturated rings. The summed E-state index contributed by atoms with van der Waals surface area (Å²) in [6.07, 6.45) is 1.98. The lowest BCUT2D eigenvalue weighted by Gasteiger charge is -2.10. The number of amides is 2. The van der Waals surface area contributed by atoms with Crippen molar-refractivity contribution in [2.24, 2.45) is 0 Å². The number of aromatic nitrogens is 2. The summed E-state index contributed by atoms with van der Waals surface area (Å²) >= 11 is 1.61. The summed E-state index contributed by atoms with van der Waals surface area (Å²) in [5, 5.41) is 10.1. The highest BCUT2D eigenvalue weighted by Crippen LogP contribution is 2.22. The third-order valence-electron chi connectivity index (χ3n) is 4.23. The van der Waals surface area contributed by atoms with E-state index in [1.165, 1.54) is 6.07 Å². The summed E-state index contributed by atoms with van der Waals surface area (Å²) in [6, 6.07) is 13.9. The number of nitrogens with one attached hydrogen (secondary N) is 2. The molecule has 0 bridgehead atoms. The van der Waals surface area contributed by atoms with Gasteiger partial charge in [0, 0.05) is 16.1 Å². The fourth-order valence-electron chi connectivity index (χ4n) is 2.80. The van der Waals surface area contributed by atoms with E-state index >= 15 is 0 Å². The summed E-state index contributed by atoms with van der Waals surface area (Å²) in [5.74, 6) is -0.272. The summed E-state index contributed by atoms with van der Waals surface area (Å²) in [7, 11) is 0. The topological polar surface area (TPSA) is 59.0 Å². The summed E-state index contributed by atoms with van der Waals surface area (Å²) in [6.45, 7) is 3.97. The monoisotopic (exact) mass is 384 g/mol. The van der Waals surface area contributed by atoms with Gasteiger partial charge in [-0.1, -0.05) is 24.3 Å². The standard InChI is InChI=1S/C20H21FN4OS/c1-13-19(23-20(26)22-16-8-6-9-17(11-16)27-3)14(2)25(24-13)12-15-7-4-5-10-18(15)21/h4-11H,12H2,1-3H3,(H2,22,23,26). The number of carbonyl (C=O) groups is 1. The van der Waals surface area contributed by atoms with Crippen LogP contribution in [0.3, 0.4) is 0 Å². The number of aryl methyl sites for hydroxylation is 1. The third kappa shape index (κ3) is 4.49.